The zero-order chi connectivity index (χ0) is 12.8. The van der Waals surface area contributed by atoms with E-state index in [4.69, 9.17) is 0 Å². The molecule has 0 saturated carbocycles. The van der Waals surface area contributed by atoms with Crippen molar-refractivity contribution in [2.75, 3.05) is 18.0 Å². The lowest BCUT2D eigenvalue weighted by molar-refractivity contribution is 0.0350. The summed E-state index contributed by atoms with van der Waals surface area (Å²) < 4.78 is 1.36. The molecule has 0 radical (unpaired) electrons. The number of fused-ring (bicyclic) bond motifs is 1. The lowest BCUT2D eigenvalue weighted by atomic mass is 9.94. The number of anilines is 1. The van der Waals surface area contributed by atoms with E-state index in [1.165, 1.54) is 10.7 Å². The highest BCUT2D eigenvalue weighted by Gasteiger charge is 2.27. The molecule has 3 heterocycles. The van der Waals surface area contributed by atoms with Gasteiger partial charge in [-0.3, -0.25) is 0 Å². The SMILES string of the molecule is CC1(O)CCN(c2cc3n[nH]c(=O)n3cn2)CC1. The lowest BCUT2D eigenvalue weighted by Gasteiger charge is -2.36. The van der Waals surface area contributed by atoms with Crippen molar-refractivity contribution in [3.8, 4) is 0 Å². The predicted octanol–water partition coefficient (Wildman–Crippen LogP) is -0.231. The zero-order valence-electron chi connectivity index (χ0n) is 10.1. The van der Waals surface area contributed by atoms with Gasteiger partial charge >= 0.3 is 5.69 Å². The van der Waals surface area contributed by atoms with Crippen molar-refractivity contribution in [1.82, 2.24) is 19.6 Å². The number of piperidine rings is 1. The Morgan fingerprint density at radius 3 is 2.89 bits per heavy atom. The number of aromatic amines is 1. The fourth-order valence-corrected chi connectivity index (χ4v) is 2.19. The summed E-state index contributed by atoms with van der Waals surface area (Å²) in [4.78, 5) is 17.7. The molecule has 1 aliphatic heterocycles. The summed E-state index contributed by atoms with van der Waals surface area (Å²) in [5, 5.41) is 16.2. The van der Waals surface area contributed by atoms with Crippen LogP contribution in [0.3, 0.4) is 0 Å². The van der Waals surface area contributed by atoms with Crippen molar-refractivity contribution in [2.24, 2.45) is 0 Å². The summed E-state index contributed by atoms with van der Waals surface area (Å²) in [5.74, 6) is 0.789. The van der Waals surface area contributed by atoms with Crippen LogP contribution in [0.5, 0.6) is 0 Å². The van der Waals surface area contributed by atoms with Crippen molar-refractivity contribution in [1.29, 1.82) is 0 Å². The number of nitrogens with zero attached hydrogens (tertiary/aromatic N) is 4. The molecule has 0 spiro atoms. The molecule has 18 heavy (non-hydrogen) atoms. The molecule has 1 fully saturated rings. The predicted molar refractivity (Wildman–Crippen MR) is 65.7 cm³/mol. The van der Waals surface area contributed by atoms with E-state index in [2.05, 4.69) is 20.1 Å². The number of rotatable bonds is 1. The quantitative estimate of drug-likeness (QED) is 0.729. The molecule has 2 N–H and O–H groups in total. The minimum absolute atomic E-state index is 0.286. The van der Waals surface area contributed by atoms with Crippen molar-refractivity contribution in [2.45, 2.75) is 25.4 Å². The second-order valence-electron chi connectivity index (χ2n) is 4.99. The molecule has 0 atom stereocenters. The van der Waals surface area contributed by atoms with Gasteiger partial charge in [0.15, 0.2) is 5.65 Å². The highest BCUT2D eigenvalue weighted by Crippen LogP contribution is 2.24. The number of H-pyrrole nitrogens is 1. The molecule has 7 nitrogen and oxygen atoms in total. The van der Waals surface area contributed by atoms with Crippen molar-refractivity contribution in [3.05, 3.63) is 22.9 Å². The summed E-state index contributed by atoms with van der Waals surface area (Å²) >= 11 is 0. The van der Waals surface area contributed by atoms with E-state index in [-0.39, 0.29) is 5.69 Å². The second kappa shape index (κ2) is 3.81. The minimum Gasteiger partial charge on any atom is -0.390 e. The molecule has 0 aromatic carbocycles. The molecule has 0 aliphatic carbocycles. The molecule has 0 amide bonds. The number of nitrogens with one attached hydrogen (secondary N) is 1. The molecule has 2 aromatic rings. The molecule has 1 aliphatic rings. The summed E-state index contributed by atoms with van der Waals surface area (Å²) in [6.45, 7) is 3.36. The van der Waals surface area contributed by atoms with Gasteiger partial charge in [-0.25, -0.2) is 19.3 Å². The van der Waals surface area contributed by atoms with Gasteiger partial charge in [-0.15, -0.1) is 0 Å². The van der Waals surface area contributed by atoms with Crippen LogP contribution in [-0.2, 0) is 0 Å². The Hall–Kier alpha value is -1.89. The van der Waals surface area contributed by atoms with E-state index in [0.717, 1.165) is 18.9 Å². The number of hydrogen-bond acceptors (Lipinski definition) is 5. The maximum Gasteiger partial charge on any atom is 0.348 e. The van der Waals surface area contributed by atoms with Gasteiger partial charge in [0.1, 0.15) is 12.1 Å². The average Bonchev–Trinajstić information content (AvgIpc) is 2.71. The van der Waals surface area contributed by atoms with Gasteiger partial charge in [-0.2, -0.15) is 5.10 Å². The number of hydrogen-bond donors (Lipinski definition) is 2. The van der Waals surface area contributed by atoms with Crippen molar-refractivity contribution < 1.29 is 5.11 Å². The molecular weight excluding hydrogens is 234 g/mol. The van der Waals surface area contributed by atoms with E-state index >= 15 is 0 Å². The first kappa shape index (κ1) is 11.2. The zero-order valence-corrected chi connectivity index (χ0v) is 10.1. The summed E-state index contributed by atoms with van der Waals surface area (Å²) in [5.41, 5.74) is -0.308. The van der Waals surface area contributed by atoms with Gasteiger partial charge in [-0.1, -0.05) is 0 Å². The highest BCUT2D eigenvalue weighted by atomic mass is 16.3. The Labute approximate surface area is 103 Å². The van der Waals surface area contributed by atoms with Gasteiger partial charge in [0.2, 0.25) is 0 Å². The first-order valence-corrected chi connectivity index (χ1v) is 5.95. The van der Waals surface area contributed by atoms with Gasteiger partial charge in [-0.05, 0) is 19.8 Å². The Morgan fingerprint density at radius 2 is 2.17 bits per heavy atom. The van der Waals surface area contributed by atoms with Crippen LogP contribution in [0.1, 0.15) is 19.8 Å². The number of aromatic nitrogens is 4. The van der Waals surface area contributed by atoms with Crippen LogP contribution >= 0.6 is 0 Å². The normalized spacial score (nSPS) is 19.3. The van der Waals surface area contributed by atoms with Crippen LogP contribution in [0.15, 0.2) is 17.2 Å². The van der Waals surface area contributed by atoms with Gasteiger partial charge in [0, 0.05) is 19.2 Å². The summed E-state index contributed by atoms with van der Waals surface area (Å²) in [6, 6.07) is 1.78. The maximum absolute atomic E-state index is 11.3. The maximum atomic E-state index is 11.3. The van der Waals surface area contributed by atoms with Crippen LogP contribution in [0.2, 0.25) is 0 Å². The van der Waals surface area contributed by atoms with Crippen molar-refractivity contribution in [3.63, 3.8) is 0 Å². The minimum atomic E-state index is -0.579. The van der Waals surface area contributed by atoms with Gasteiger partial charge in [0.25, 0.3) is 0 Å². The Bertz CT molecular complexity index is 620. The Kier molecular flexibility index (Phi) is 2.37. The third kappa shape index (κ3) is 1.86. The smallest absolute Gasteiger partial charge is 0.348 e. The third-order valence-electron chi connectivity index (χ3n) is 3.46. The van der Waals surface area contributed by atoms with E-state index in [1.54, 1.807) is 6.07 Å². The van der Waals surface area contributed by atoms with Crippen LogP contribution in [0.25, 0.3) is 5.65 Å². The van der Waals surface area contributed by atoms with Crippen LogP contribution in [-0.4, -0.2) is 43.4 Å². The third-order valence-corrected chi connectivity index (χ3v) is 3.46. The van der Waals surface area contributed by atoms with Gasteiger partial charge < -0.3 is 10.0 Å². The first-order valence-electron chi connectivity index (χ1n) is 5.95. The molecule has 0 unspecified atom stereocenters. The molecule has 7 heteroatoms. The standard InChI is InChI=1S/C11H15N5O2/c1-11(18)2-4-15(5-3-11)8-6-9-13-14-10(17)16(9)7-12-8/h6-7,18H,2-5H2,1H3,(H,14,17). The monoisotopic (exact) mass is 249 g/mol. The van der Waals surface area contributed by atoms with Gasteiger partial charge in [0.05, 0.1) is 5.60 Å². The summed E-state index contributed by atoms with van der Waals surface area (Å²) in [7, 11) is 0. The molecule has 1 saturated heterocycles. The van der Waals surface area contributed by atoms with Crippen molar-refractivity contribution >= 4 is 11.5 Å². The average molecular weight is 249 g/mol. The molecule has 96 valence electrons. The second-order valence-corrected chi connectivity index (χ2v) is 4.99. The number of aliphatic hydroxyl groups is 1. The summed E-state index contributed by atoms with van der Waals surface area (Å²) in [6.07, 6.45) is 2.91. The molecule has 3 rings (SSSR count). The van der Waals surface area contributed by atoms with E-state index in [0.29, 0.717) is 18.5 Å². The van der Waals surface area contributed by atoms with E-state index < -0.39 is 5.60 Å². The van der Waals surface area contributed by atoms with E-state index in [9.17, 15) is 9.90 Å². The Balaban J connectivity index is 1.89. The van der Waals surface area contributed by atoms with Crippen LogP contribution in [0, 0.1) is 0 Å². The van der Waals surface area contributed by atoms with Crippen LogP contribution in [0.4, 0.5) is 5.82 Å². The molecule has 0 bridgehead atoms. The largest absolute Gasteiger partial charge is 0.390 e. The fourth-order valence-electron chi connectivity index (χ4n) is 2.19. The van der Waals surface area contributed by atoms with Crippen LogP contribution < -0.4 is 10.6 Å². The molecular formula is C11H15N5O2. The molecule has 2 aromatic heterocycles. The first-order chi connectivity index (χ1) is 8.55. The lowest BCUT2D eigenvalue weighted by Crippen LogP contribution is -2.42. The highest BCUT2D eigenvalue weighted by molar-refractivity contribution is 5.50. The fraction of sp³-hybridized carbons (Fsp3) is 0.545. The van der Waals surface area contributed by atoms with E-state index in [1.807, 2.05) is 6.92 Å². The Morgan fingerprint density at radius 1 is 1.44 bits per heavy atom. The topological polar surface area (TPSA) is 86.5 Å².